The van der Waals surface area contributed by atoms with Gasteiger partial charge < -0.3 is 5.73 Å². The van der Waals surface area contributed by atoms with Gasteiger partial charge in [0.15, 0.2) is 11.2 Å². The minimum atomic E-state index is -0.485. The van der Waals surface area contributed by atoms with Crippen LogP contribution in [-0.2, 0) is 18.4 Å². The van der Waals surface area contributed by atoms with Crippen LogP contribution in [0.2, 0.25) is 0 Å². The third-order valence-electron chi connectivity index (χ3n) is 1.87. The van der Waals surface area contributed by atoms with E-state index in [1.807, 2.05) is 0 Å². The van der Waals surface area contributed by atoms with Gasteiger partial charge in [-0.05, 0) is 0 Å². The molecule has 0 radical (unpaired) electrons. The second kappa shape index (κ2) is 2.28. The lowest BCUT2D eigenvalue weighted by Gasteiger charge is -2.10. The standard InChI is InChI=1S/C6H9N5O2/c1-10-5-4(6(13)9-10)11(8-5)2-3(7)12/h8H,2H2,1H3,(H2,7,12)(H,9,13). The number of carbonyl (C=O) groups is 1. The van der Waals surface area contributed by atoms with E-state index in [0.29, 0.717) is 11.2 Å². The molecule has 0 unspecified atom stereocenters. The lowest BCUT2D eigenvalue weighted by Crippen LogP contribution is -2.25. The molecule has 0 aliphatic rings. The Morgan fingerprint density at radius 2 is 2.23 bits per heavy atom. The maximum Gasteiger partial charge on any atom is 0.291 e. The van der Waals surface area contributed by atoms with Crippen molar-refractivity contribution in [1.82, 2.24) is 19.6 Å². The third kappa shape index (κ3) is 0.968. The first-order valence-electron chi connectivity index (χ1n) is 3.71. The molecule has 0 aliphatic carbocycles. The molecule has 0 fully saturated rings. The molecule has 13 heavy (non-hydrogen) atoms. The molecule has 1 amide bonds. The van der Waals surface area contributed by atoms with Crippen LogP contribution in [-0.4, -0.2) is 25.5 Å². The van der Waals surface area contributed by atoms with E-state index in [9.17, 15) is 9.59 Å². The Bertz CT molecular complexity index is 510. The Kier molecular flexibility index (Phi) is 1.35. The Labute approximate surface area is 72.1 Å². The van der Waals surface area contributed by atoms with Crippen LogP contribution in [0.1, 0.15) is 0 Å². The number of nitrogens with two attached hydrogens (primary N) is 1. The summed E-state index contributed by atoms with van der Waals surface area (Å²) in [6.07, 6.45) is 0. The van der Waals surface area contributed by atoms with E-state index in [2.05, 4.69) is 10.2 Å². The number of hydrogen-bond acceptors (Lipinski definition) is 2. The van der Waals surface area contributed by atoms with Crippen LogP contribution in [0.4, 0.5) is 0 Å². The number of rotatable bonds is 2. The van der Waals surface area contributed by atoms with Crippen molar-refractivity contribution >= 4 is 17.1 Å². The summed E-state index contributed by atoms with van der Waals surface area (Å²) in [4.78, 5) is 21.7. The number of amides is 1. The number of aryl methyl sites for hydroxylation is 1. The summed E-state index contributed by atoms with van der Waals surface area (Å²) >= 11 is 0. The van der Waals surface area contributed by atoms with Crippen LogP contribution in [0.5, 0.6) is 0 Å². The number of H-pyrrole nitrogens is 2. The summed E-state index contributed by atoms with van der Waals surface area (Å²) < 4.78 is 2.96. The van der Waals surface area contributed by atoms with Crippen molar-refractivity contribution in [3.63, 3.8) is 0 Å². The van der Waals surface area contributed by atoms with Gasteiger partial charge in [-0.2, -0.15) is 0 Å². The lowest BCUT2D eigenvalue weighted by atomic mass is 10.5. The van der Waals surface area contributed by atoms with Crippen molar-refractivity contribution in [2.24, 2.45) is 12.8 Å². The van der Waals surface area contributed by atoms with E-state index in [4.69, 9.17) is 5.73 Å². The minimum absolute atomic E-state index is 0.0000926. The molecule has 2 heterocycles. The summed E-state index contributed by atoms with van der Waals surface area (Å²) in [6, 6.07) is 0. The van der Waals surface area contributed by atoms with Crippen LogP contribution in [0.15, 0.2) is 4.79 Å². The second-order valence-corrected chi connectivity index (χ2v) is 2.86. The van der Waals surface area contributed by atoms with Gasteiger partial charge in [0.05, 0.1) is 0 Å². The molecule has 4 N–H and O–H groups in total. The van der Waals surface area contributed by atoms with Gasteiger partial charge in [0.25, 0.3) is 5.56 Å². The molecular weight excluding hydrogens is 174 g/mol. The van der Waals surface area contributed by atoms with Crippen molar-refractivity contribution in [2.75, 3.05) is 0 Å². The van der Waals surface area contributed by atoms with E-state index in [-0.39, 0.29) is 12.1 Å². The molecule has 2 rings (SSSR count). The first-order chi connectivity index (χ1) is 6.09. The summed E-state index contributed by atoms with van der Waals surface area (Å²) in [6.45, 7) is 0.0000926. The van der Waals surface area contributed by atoms with E-state index in [0.717, 1.165) is 0 Å². The highest BCUT2D eigenvalue weighted by Crippen LogP contribution is 2.07. The number of aromatic nitrogens is 4. The van der Waals surface area contributed by atoms with E-state index in [1.165, 1.54) is 4.68 Å². The molecule has 7 heteroatoms. The van der Waals surface area contributed by atoms with Crippen molar-refractivity contribution in [1.29, 1.82) is 0 Å². The number of hydrogen-bond donors (Lipinski definition) is 3. The van der Waals surface area contributed by atoms with Gasteiger partial charge in [0.2, 0.25) is 5.91 Å². The summed E-state index contributed by atoms with van der Waals surface area (Å²) in [5.74, 6) is -0.485. The third-order valence-corrected chi connectivity index (χ3v) is 1.87. The predicted octanol–water partition coefficient (Wildman–Crippen LogP) is -1.52. The zero-order valence-corrected chi connectivity index (χ0v) is 7.00. The summed E-state index contributed by atoms with van der Waals surface area (Å²) in [5, 5.41) is 5.35. The Morgan fingerprint density at radius 1 is 1.54 bits per heavy atom. The molecule has 7 nitrogen and oxygen atoms in total. The first kappa shape index (κ1) is 7.71. The molecule has 70 valence electrons. The van der Waals surface area contributed by atoms with Crippen molar-refractivity contribution in [3.8, 4) is 0 Å². The molecule has 2 aromatic heterocycles. The average molecular weight is 183 g/mol. The molecule has 0 atom stereocenters. The SMILES string of the molecule is Cn1[nH]c(=O)c2c1[nH]n2CC(N)=O. The fraction of sp³-hybridized carbons (Fsp3) is 0.333. The van der Waals surface area contributed by atoms with Gasteiger partial charge in [0, 0.05) is 7.05 Å². The van der Waals surface area contributed by atoms with Crippen molar-refractivity contribution < 1.29 is 4.79 Å². The maximum absolute atomic E-state index is 11.2. The van der Waals surface area contributed by atoms with Crippen LogP contribution in [0.25, 0.3) is 11.2 Å². The number of carbonyl (C=O) groups excluding carboxylic acids is 1. The van der Waals surface area contributed by atoms with Crippen molar-refractivity contribution in [3.05, 3.63) is 10.4 Å². The zero-order valence-electron chi connectivity index (χ0n) is 7.00. The number of nitrogens with one attached hydrogen (secondary N) is 2. The Balaban J connectivity index is 2.52. The average Bonchev–Trinajstić information content (AvgIpc) is 2.15. The highest BCUT2D eigenvalue weighted by Gasteiger charge is 2.14. The largest absolute Gasteiger partial charge is 0.368 e. The molecule has 0 aliphatic heterocycles. The van der Waals surface area contributed by atoms with Gasteiger partial charge in [-0.15, -0.1) is 0 Å². The summed E-state index contributed by atoms with van der Waals surface area (Å²) in [7, 11) is 1.70. The minimum Gasteiger partial charge on any atom is -0.368 e. The molecular formula is C6H9N5O2. The quantitative estimate of drug-likeness (QED) is 0.526. The van der Waals surface area contributed by atoms with E-state index in [1.54, 1.807) is 11.7 Å². The fourth-order valence-corrected chi connectivity index (χ4v) is 1.31. The molecule has 0 saturated carbocycles. The van der Waals surface area contributed by atoms with Gasteiger partial charge in [-0.1, -0.05) is 0 Å². The van der Waals surface area contributed by atoms with E-state index >= 15 is 0 Å². The first-order valence-corrected chi connectivity index (χ1v) is 3.71. The second-order valence-electron chi connectivity index (χ2n) is 2.86. The van der Waals surface area contributed by atoms with Gasteiger partial charge >= 0.3 is 0 Å². The van der Waals surface area contributed by atoms with Crippen LogP contribution >= 0.6 is 0 Å². The number of nitrogens with zero attached hydrogens (tertiary/aromatic N) is 2. The molecule has 0 spiro atoms. The van der Waals surface area contributed by atoms with E-state index < -0.39 is 5.91 Å². The number of fused-ring (bicyclic) bond motifs is 1. The van der Waals surface area contributed by atoms with Gasteiger partial charge in [-0.25, -0.2) is 0 Å². The van der Waals surface area contributed by atoms with Crippen LogP contribution in [0, 0.1) is 0 Å². The highest BCUT2D eigenvalue weighted by molar-refractivity contribution is 5.78. The van der Waals surface area contributed by atoms with Crippen LogP contribution < -0.4 is 11.3 Å². The van der Waals surface area contributed by atoms with Crippen molar-refractivity contribution in [2.45, 2.75) is 6.54 Å². The van der Waals surface area contributed by atoms with Gasteiger partial charge in [0.1, 0.15) is 6.54 Å². The maximum atomic E-state index is 11.2. The predicted molar refractivity (Wildman–Crippen MR) is 45.1 cm³/mol. The highest BCUT2D eigenvalue weighted by atomic mass is 16.1. The topological polar surface area (TPSA) is 102 Å². The summed E-state index contributed by atoms with van der Waals surface area (Å²) in [5.41, 5.74) is 5.88. The Morgan fingerprint density at radius 3 is 2.77 bits per heavy atom. The normalized spacial score (nSPS) is 11.2. The van der Waals surface area contributed by atoms with Gasteiger partial charge in [-0.3, -0.25) is 29.2 Å². The van der Waals surface area contributed by atoms with Crippen LogP contribution in [0.3, 0.4) is 0 Å². The Hall–Kier alpha value is -1.92. The fourth-order valence-electron chi connectivity index (χ4n) is 1.31. The number of primary amides is 1. The molecule has 0 aromatic carbocycles. The monoisotopic (exact) mass is 183 g/mol. The smallest absolute Gasteiger partial charge is 0.291 e. The number of aromatic amines is 2. The zero-order chi connectivity index (χ0) is 9.59. The molecule has 0 saturated heterocycles. The molecule has 2 aromatic rings. The molecule has 0 bridgehead atoms. The lowest BCUT2D eigenvalue weighted by molar-refractivity contribution is -0.118.